The number of pyridine rings is 1. The molecule has 0 bridgehead atoms. The number of hydrogen-bond acceptors (Lipinski definition) is 2. The zero-order chi connectivity index (χ0) is 8.39. The Labute approximate surface area is 72.3 Å². The maximum absolute atomic E-state index is 4.34. The van der Waals surface area contributed by atoms with Gasteiger partial charge >= 0.3 is 0 Å². The van der Waals surface area contributed by atoms with Crippen LogP contribution in [0.5, 0.6) is 0 Å². The minimum atomic E-state index is 0.458. The summed E-state index contributed by atoms with van der Waals surface area (Å²) in [5.41, 5.74) is 2.29. The van der Waals surface area contributed by atoms with Gasteiger partial charge in [0.15, 0.2) is 0 Å². The fourth-order valence-electron chi connectivity index (χ4n) is 1.42. The molecule has 2 heteroatoms. The first-order chi connectivity index (χ1) is 5.92. The average Bonchev–Trinajstić information content (AvgIpc) is 2.02. The molecule has 1 atom stereocenters. The standard InChI is InChI=1S/C10H12N2/c1-2-8-4-3-6-12-10(8)9-5-7-11-9/h2-4,6,9,11H,1,5,7H2/t9-/m0/s1. The molecule has 0 saturated carbocycles. The molecular weight excluding hydrogens is 148 g/mol. The topological polar surface area (TPSA) is 24.9 Å². The van der Waals surface area contributed by atoms with Crippen molar-refractivity contribution in [2.45, 2.75) is 12.5 Å². The fourth-order valence-corrected chi connectivity index (χ4v) is 1.42. The Balaban J connectivity index is 2.33. The lowest BCUT2D eigenvalue weighted by Gasteiger charge is -2.28. The van der Waals surface area contributed by atoms with Crippen LogP contribution in [-0.2, 0) is 0 Å². The number of nitrogens with one attached hydrogen (secondary N) is 1. The van der Waals surface area contributed by atoms with Gasteiger partial charge in [-0.3, -0.25) is 4.98 Å². The third-order valence-electron chi connectivity index (χ3n) is 2.24. The van der Waals surface area contributed by atoms with Crippen LogP contribution in [0.2, 0.25) is 0 Å². The minimum Gasteiger partial charge on any atom is -0.308 e. The van der Waals surface area contributed by atoms with E-state index in [0.717, 1.165) is 17.8 Å². The Morgan fingerprint density at radius 1 is 1.67 bits per heavy atom. The Bertz CT molecular complexity index is 290. The van der Waals surface area contributed by atoms with Crippen LogP contribution in [-0.4, -0.2) is 11.5 Å². The predicted octanol–water partition coefficient (Wildman–Crippen LogP) is 1.76. The van der Waals surface area contributed by atoms with Crippen molar-refractivity contribution >= 4 is 6.08 Å². The van der Waals surface area contributed by atoms with Gasteiger partial charge in [-0.1, -0.05) is 18.7 Å². The van der Waals surface area contributed by atoms with Crippen LogP contribution in [0, 0.1) is 0 Å². The number of nitrogens with zero attached hydrogens (tertiary/aromatic N) is 1. The van der Waals surface area contributed by atoms with Gasteiger partial charge in [-0.15, -0.1) is 0 Å². The molecule has 0 spiro atoms. The van der Waals surface area contributed by atoms with Crippen LogP contribution in [0.15, 0.2) is 24.9 Å². The Morgan fingerprint density at radius 2 is 2.50 bits per heavy atom. The molecule has 1 N–H and O–H groups in total. The first kappa shape index (κ1) is 7.50. The molecule has 2 nitrogen and oxygen atoms in total. The molecule has 12 heavy (non-hydrogen) atoms. The molecule has 1 aliphatic heterocycles. The van der Waals surface area contributed by atoms with Crippen LogP contribution in [0.3, 0.4) is 0 Å². The van der Waals surface area contributed by atoms with E-state index in [0.29, 0.717) is 6.04 Å². The Morgan fingerprint density at radius 3 is 3.08 bits per heavy atom. The third-order valence-corrected chi connectivity index (χ3v) is 2.24. The highest BCUT2D eigenvalue weighted by Gasteiger charge is 2.21. The van der Waals surface area contributed by atoms with Gasteiger partial charge in [0, 0.05) is 6.20 Å². The molecule has 0 aliphatic carbocycles. The summed E-state index contributed by atoms with van der Waals surface area (Å²) < 4.78 is 0. The maximum atomic E-state index is 4.34. The van der Waals surface area contributed by atoms with E-state index in [2.05, 4.69) is 22.9 Å². The summed E-state index contributed by atoms with van der Waals surface area (Å²) in [6.45, 7) is 4.87. The summed E-state index contributed by atoms with van der Waals surface area (Å²) in [7, 11) is 0. The van der Waals surface area contributed by atoms with Crippen molar-refractivity contribution in [3.8, 4) is 0 Å². The maximum Gasteiger partial charge on any atom is 0.0645 e. The molecule has 0 unspecified atom stereocenters. The molecule has 1 aromatic rings. The van der Waals surface area contributed by atoms with Crippen LogP contribution in [0.4, 0.5) is 0 Å². The molecule has 62 valence electrons. The van der Waals surface area contributed by atoms with Crippen molar-refractivity contribution in [2.75, 3.05) is 6.54 Å². The first-order valence-corrected chi connectivity index (χ1v) is 4.22. The Kier molecular flexibility index (Phi) is 1.92. The molecule has 2 heterocycles. The molecule has 1 aromatic heterocycles. The molecule has 0 radical (unpaired) electrons. The second-order valence-electron chi connectivity index (χ2n) is 2.98. The summed E-state index contributed by atoms with van der Waals surface area (Å²) in [4.78, 5) is 4.34. The van der Waals surface area contributed by atoms with Gasteiger partial charge < -0.3 is 5.32 Å². The van der Waals surface area contributed by atoms with E-state index in [1.807, 2.05) is 18.3 Å². The highest BCUT2D eigenvalue weighted by Crippen LogP contribution is 2.24. The molecule has 0 aromatic carbocycles. The number of rotatable bonds is 2. The van der Waals surface area contributed by atoms with Crippen molar-refractivity contribution in [2.24, 2.45) is 0 Å². The van der Waals surface area contributed by atoms with E-state index >= 15 is 0 Å². The zero-order valence-corrected chi connectivity index (χ0v) is 6.96. The van der Waals surface area contributed by atoms with E-state index in [1.165, 1.54) is 6.42 Å². The largest absolute Gasteiger partial charge is 0.308 e. The quantitative estimate of drug-likeness (QED) is 0.713. The minimum absolute atomic E-state index is 0.458. The van der Waals surface area contributed by atoms with Crippen LogP contribution >= 0.6 is 0 Å². The van der Waals surface area contributed by atoms with Gasteiger partial charge in [-0.2, -0.15) is 0 Å². The van der Waals surface area contributed by atoms with E-state index in [9.17, 15) is 0 Å². The molecule has 1 saturated heterocycles. The summed E-state index contributed by atoms with van der Waals surface area (Å²) in [5.74, 6) is 0. The van der Waals surface area contributed by atoms with Gasteiger partial charge in [0.25, 0.3) is 0 Å². The normalized spacial score (nSPS) is 21.5. The first-order valence-electron chi connectivity index (χ1n) is 4.22. The van der Waals surface area contributed by atoms with Gasteiger partial charge in [0.1, 0.15) is 0 Å². The number of aromatic nitrogens is 1. The van der Waals surface area contributed by atoms with Crippen molar-refractivity contribution in [3.05, 3.63) is 36.2 Å². The lowest BCUT2D eigenvalue weighted by Crippen LogP contribution is -2.35. The van der Waals surface area contributed by atoms with Crippen molar-refractivity contribution < 1.29 is 0 Å². The third kappa shape index (κ3) is 1.14. The van der Waals surface area contributed by atoms with Crippen molar-refractivity contribution in [1.82, 2.24) is 10.3 Å². The van der Waals surface area contributed by atoms with E-state index in [1.54, 1.807) is 0 Å². The number of hydrogen-bond donors (Lipinski definition) is 1. The van der Waals surface area contributed by atoms with Crippen LogP contribution in [0.1, 0.15) is 23.7 Å². The van der Waals surface area contributed by atoms with Gasteiger partial charge in [0.05, 0.1) is 11.7 Å². The summed E-state index contributed by atoms with van der Waals surface area (Å²) >= 11 is 0. The predicted molar refractivity (Wildman–Crippen MR) is 49.7 cm³/mol. The molecular formula is C10H12N2. The molecule has 1 fully saturated rings. The zero-order valence-electron chi connectivity index (χ0n) is 6.96. The fraction of sp³-hybridized carbons (Fsp3) is 0.300. The second-order valence-corrected chi connectivity index (χ2v) is 2.98. The van der Waals surface area contributed by atoms with Gasteiger partial charge in [0.2, 0.25) is 0 Å². The highest BCUT2D eigenvalue weighted by molar-refractivity contribution is 5.50. The van der Waals surface area contributed by atoms with Crippen LogP contribution in [0.25, 0.3) is 6.08 Å². The van der Waals surface area contributed by atoms with Gasteiger partial charge in [-0.25, -0.2) is 0 Å². The SMILES string of the molecule is C=Cc1cccnc1[C@@H]1CCN1. The monoisotopic (exact) mass is 160 g/mol. The average molecular weight is 160 g/mol. The molecule has 1 aliphatic rings. The lowest BCUT2D eigenvalue weighted by molar-refractivity contribution is 0.375. The van der Waals surface area contributed by atoms with Crippen molar-refractivity contribution in [3.63, 3.8) is 0 Å². The van der Waals surface area contributed by atoms with Crippen molar-refractivity contribution in [1.29, 1.82) is 0 Å². The smallest absolute Gasteiger partial charge is 0.0645 e. The van der Waals surface area contributed by atoms with Crippen LogP contribution < -0.4 is 5.32 Å². The van der Waals surface area contributed by atoms with Gasteiger partial charge in [-0.05, 0) is 24.6 Å². The molecule has 0 amide bonds. The molecule has 2 rings (SSSR count). The second kappa shape index (κ2) is 3.07. The van der Waals surface area contributed by atoms with E-state index < -0.39 is 0 Å². The lowest BCUT2D eigenvalue weighted by atomic mass is 9.99. The summed E-state index contributed by atoms with van der Waals surface area (Å²) in [6, 6.07) is 4.45. The van der Waals surface area contributed by atoms with E-state index in [4.69, 9.17) is 0 Å². The van der Waals surface area contributed by atoms with E-state index in [-0.39, 0.29) is 0 Å². The summed E-state index contributed by atoms with van der Waals surface area (Å²) in [5, 5.41) is 3.33. The summed E-state index contributed by atoms with van der Waals surface area (Å²) in [6.07, 6.45) is 4.89. The highest BCUT2D eigenvalue weighted by atomic mass is 15.0. The Hall–Kier alpha value is -1.15.